The highest BCUT2D eigenvalue weighted by Crippen LogP contribution is 2.25. The Balaban J connectivity index is 1.53. The average Bonchev–Trinajstić information content (AvgIpc) is 2.99. The van der Waals surface area contributed by atoms with Gasteiger partial charge in [-0.05, 0) is 56.3 Å². The van der Waals surface area contributed by atoms with Crippen molar-refractivity contribution in [2.45, 2.75) is 44.6 Å². The summed E-state index contributed by atoms with van der Waals surface area (Å²) < 4.78 is 0. The summed E-state index contributed by atoms with van der Waals surface area (Å²) in [6.07, 6.45) is 8.31. The number of hydrogen-bond acceptors (Lipinski definition) is 2. The van der Waals surface area contributed by atoms with Gasteiger partial charge in [0.1, 0.15) is 0 Å². The molecule has 1 saturated heterocycles. The van der Waals surface area contributed by atoms with Gasteiger partial charge in [-0.25, -0.2) is 0 Å². The van der Waals surface area contributed by atoms with Crippen LogP contribution in [0.25, 0.3) is 0 Å². The van der Waals surface area contributed by atoms with Crippen LogP contribution in [0, 0.1) is 5.92 Å². The minimum absolute atomic E-state index is 0.642. The maximum Gasteiger partial charge on any atom is 0.0426 e. The molecule has 1 unspecified atom stereocenters. The fraction of sp³-hybridized carbons (Fsp3) is 0.647. The van der Waals surface area contributed by atoms with Crippen molar-refractivity contribution in [3.05, 3.63) is 29.3 Å². The Morgan fingerprint density at radius 2 is 2.00 bits per heavy atom. The Hall–Kier alpha value is -0.730. The molecule has 0 spiro atoms. The second kappa shape index (κ2) is 6.82. The van der Waals surface area contributed by atoms with Gasteiger partial charge in [0.25, 0.3) is 0 Å². The largest absolute Gasteiger partial charge is 0.370 e. The zero-order chi connectivity index (χ0) is 13.8. The van der Waals surface area contributed by atoms with Gasteiger partial charge in [0, 0.05) is 29.8 Å². The average molecular weight is 293 g/mol. The monoisotopic (exact) mass is 292 g/mol. The number of rotatable bonds is 4. The molecule has 3 heteroatoms. The van der Waals surface area contributed by atoms with E-state index in [1.54, 1.807) is 0 Å². The first-order valence-corrected chi connectivity index (χ1v) is 8.43. The van der Waals surface area contributed by atoms with Crippen molar-refractivity contribution in [1.29, 1.82) is 0 Å². The molecule has 1 aromatic carbocycles. The van der Waals surface area contributed by atoms with Gasteiger partial charge in [0.15, 0.2) is 0 Å². The van der Waals surface area contributed by atoms with Gasteiger partial charge in [0.2, 0.25) is 0 Å². The molecule has 2 aliphatic rings. The van der Waals surface area contributed by atoms with Crippen molar-refractivity contribution in [3.63, 3.8) is 0 Å². The molecule has 110 valence electrons. The molecule has 1 aliphatic heterocycles. The Kier molecular flexibility index (Phi) is 4.85. The van der Waals surface area contributed by atoms with E-state index in [-0.39, 0.29) is 0 Å². The smallest absolute Gasteiger partial charge is 0.0426 e. The van der Waals surface area contributed by atoms with Crippen LogP contribution in [0.1, 0.15) is 38.5 Å². The van der Waals surface area contributed by atoms with Crippen LogP contribution in [0.15, 0.2) is 24.3 Å². The molecular weight excluding hydrogens is 268 g/mol. The molecule has 2 nitrogen and oxygen atoms in total. The molecule has 0 radical (unpaired) electrons. The first-order chi connectivity index (χ1) is 9.81. The second-order valence-corrected chi connectivity index (χ2v) is 6.76. The van der Waals surface area contributed by atoms with Crippen LogP contribution in [-0.2, 0) is 0 Å². The van der Waals surface area contributed by atoms with Gasteiger partial charge >= 0.3 is 0 Å². The molecule has 0 bridgehead atoms. The molecule has 1 saturated carbocycles. The quantitative estimate of drug-likeness (QED) is 0.899. The van der Waals surface area contributed by atoms with Gasteiger partial charge in [-0.3, -0.25) is 0 Å². The zero-order valence-corrected chi connectivity index (χ0v) is 12.9. The van der Waals surface area contributed by atoms with Crippen molar-refractivity contribution >= 4 is 17.3 Å². The third kappa shape index (κ3) is 3.67. The van der Waals surface area contributed by atoms with Gasteiger partial charge < -0.3 is 10.2 Å². The van der Waals surface area contributed by atoms with Crippen LogP contribution < -0.4 is 10.2 Å². The van der Waals surface area contributed by atoms with Crippen LogP contribution in [0.3, 0.4) is 0 Å². The van der Waals surface area contributed by atoms with Gasteiger partial charge in [-0.2, -0.15) is 0 Å². The van der Waals surface area contributed by atoms with Crippen LogP contribution in [0.4, 0.5) is 5.69 Å². The maximum absolute atomic E-state index is 6.11. The van der Waals surface area contributed by atoms with E-state index in [1.807, 2.05) is 12.1 Å². The lowest BCUT2D eigenvalue weighted by molar-refractivity contribution is 0.383. The highest BCUT2D eigenvalue weighted by Gasteiger charge is 2.22. The first kappa shape index (κ1) is 14.2. The van der Waals surface area contributed by atoms with Crippen LogP contribution in [-0.4, -0.2) is 25.7 Å². The predicted molar refractivity (Wildman–Crippen MR) is 86.6 cm³/mol. The number of nitrogens with zero attached hydrogens (tertiary/aromatic N) is 1. The number of nitrogens with one attached hydrogen (secondary N) is 1. The minimum Gasteiger partial charge on any atom is -0.370 e. The van der Waals surface area contributed by atoms with Crippen molar-refractivity contribution in [2.24, 2.45) is 5.92 Å². The van der Waals surface area contributed by atoms with Crippen molar-refractivity contribution in [1.82, 2.24) is 5.32 Å². The standard InChI is InChI=1S/C17H25ClN2/c18-15-7-3-9-17(11-15)20-10-4-8-16(13-20)19-12-14-5-1-2-6-14/h3,7,9,11,14,16,19H,1-2,4-6,8,10,12-13H2. The van der Waals surface area contributed by atoms with Crippen LogP contribution in [0.2, 0.25) is 5.02 Å². The fourth-order valence-electron chi connectivity index (χ4n) is 3.60. The number of anilines is 1. The van der Waals surface area contributed by atoms with Crippen molar-refractivity contribution in [3.8, 4) is 0 Å². The fourth-order valence-corrected chi connectivity index (χ4v) is 3.78. The minimum atomic E-state index is 0.642. The topological polar surface area (TPSA) is 15.3 Å². The van der Waals surface area contributed by atoms with E-state index in [1.165, 1.54) is 50.8 Å². The van der Waals surface area contributed by atoms with E-state index < -0.39 is 0 Å². The Morgan fingerprint density at radius 1 is 1.15 bits per heavy atom. The molecule has 2 fully saturated rings. The van der Waals surface area contributed by atoms with Gasteiger partial charge in [-0.1, -0.05) is 30.5 Å². The maximum atomic E-state index is 6.11. The lowest BCUT2D eigenvalue weighted by Crippen LogP contribution is -2.46. The Morgan fingerprint density at radius 3 is 2.80 bits per heavy atom. The van der Waals surface area contributed by atoms with Crippen LogP contribution >= 0.6 is 11.6 Å². The highest BCUT2D eigenvalue weighted by atomic mass is 35.5. The summed E-state index contributed by atoms with van der Waals surface area (Å²) in [5.41, 5.74) is 1.27. The predicted octanol–water partition coefficient (Wildman–Crippen LogP) is 4.09. The molecule has 0 aromatic heterocycles. The van der Waals surface area contributed by atoms with Crippen molar-refractivity contribution in [2.75, 3.05) is 24.5 Å². The molecule has 3 rings (SSSR count). The number of benzene rings is 1. The molecule has 1 aliphatic carbocycles. The summed E-state index contributed by atoms with van der Waals surface area (Å²) in [5, 5.41) is 4.64. The Bertz CT molecular complexity index is 429. The molecule has 0 amide bonds. The summed E-state index contributed by atoms with van der Waals surface area (Å²) in [6.45, 7) is 3.49. The first-order valence-electron chi connectivity index (χ1n) is 8.05. The third-order valence-electron chi connectivity index (χ3n) is 4.76. The van der Waals surface area contributed by atoms with E-state index in [0.29, 0.717) is 6.04 Å². The summed E-state index contributed by atoms with van der Waals surface area (Å²) in [6, 6.07) is 8.90. The molecule has 1 atom stereocenters. The molecule has 20 heavy (non-hydrogen) atoms. The lowest BCUT2D eigenvalue weighted by Gasteiger charge is -2.35. The molecule has 1 N–H and O–H groups in total. The summed E-state index contributed by atoms with van der Waals surface area (Å²) in [7, 11) is 0. The van der Waals surface area contributed by atoms with E-state index in [9.17, 15) is 0 Å². The normalized spacial score (nSPS) is 24.2. The van der Waals surface area contributed by atoms with Gasteiger partial charge in [0.05, 0.1) is 0 Å². The molecular formula is C17H25ClN2. The summed E-state index contributed by atoms with van der Waals surface area (Å²) in [4.78, 5) is 2.47. The van der Waals surface area contributed by atoms with E-state index in [2.05, 4.69) is 22.3 Å². The van der Waals surface area contributed by atoms with Crippen LogP contribution in [0.5, 0.6) is 0 Å². The number of piperidine rings is 1. The second-order valence-electron chi connectivity index (χ2n) is 6.32. The zero-order valence-electron chi connectivity index (χ0n) is 12.2. The summed E-state index contributed by atoms with van der Waals surface area (Å²) in [5.74, 6) is 0.927. The number of halogens is 1. The van der Waals surface area contributed by atoms with Gasteiger partial charge in [-0.15, -0.1) is 0 Å². The van der Waals surface area contributed by atoms with E-state index in [0.717, 1.165) is 24.0 Å². The summed E-state index contributed by atoms with van der Waals surface area (Å²) >= 11 is 6.11. The molecule has 1 heterocycles. The third-order valence-corrected chi connectivity index (χ3v) is 5.00. The SMILES string of the molecule is Clc1cccc(N2CCCC(NCC3CCCC3)C2)c1. The number of hydrogen-bond donors (Lipinski definition) is 1. The Labute approximate surface area is 127 Å². The highest BCUT2D eigenvalue weighted by molar-refractivity contribution is 6.30. The van der Waals surface area contributed by atoms with E-state index >= 15 is 0 Å². The van der Waals surface area contributed by atoms with Crippen molar-refractivity contribution < 1.29 is 0 Å². The molecule has 1 aromatic rings. The lowest BCUT2D eigenvalue weighted by atomic mass is 10.0. The van der Waals surface area contributed by atoms with E-state index in [4.69, 9.17) is 11.6 Å².